The van der Waals surface area contributed by atoms with Gasteiger partial charge < -0.3 is 10.2 Å². The summed E-state index contributed by atoms with van der Waals surface area (Å²) in [5.74, 6) is 0. The standard InChI is InChI=1S/C18H19N3/c1-14-2-6-16(7-3-14)20-17-10-11-21(13-17)18-8-4-15(12-19)5-9-18/h2-9,17,20H,10-11,13H2,1H3. The van der Waals surface area contributed by atoms with Crippen molar-refractivity contribution in [2.75, 3.05) is 23.3 Å². The molecule has 2 aromatic carbocycles. The summed E-state index contributed by atoms with van der Waals surface area (Å²) in [6, 6.07) is 19.0. The number of rotatable bonds is 3. The first kappa shape index (κ1) is 13.5. The number of anilines is 2. The Bertz CT molecular complexity index is 638. The Hall–Kier alpha value is -2.47. The summed E-state index contributed by atoms with van der Waals surface area (Å²) < 4.78 is 0. The SMILES string of the molecule is Cc1ccc(NC2CCN(c3ccc(C#N)cc3)C2)cc1. The molecule has 3 nitrogen and oxygen atoms in total. The van der Waals surface area contributed by atoms with E-state index in [1.165, 1.54) is 16.9 Å². The van der Waals surface area contributed by atoms with Crippen LogP contribution in [0.15, 0.2) is 48.5 Å². The molecule has 1 N–H and O–H groups in total. The highest BCUT2D eigenvalue weighted by molar-refractivity contribution is 5.52. The van der Waals surface area contributed by atoms with Crippen LogP contribution in [0.5, 0.6) is 0 Å². The van der Waals surface area contributed by atoms with Crippen LogP contribution in [0.1, 0.15) is 17.5 Å². The number of hydrogen-bond donors (Lipinski definition) is 1. The van der Waals surface area contributed by atoms with Crippen molar-refractivity contribution in [1.29, 1.82) is 5.26 Å². The van der Waals surface area contributed by atoms with Crippen LogP contribution in [-0.4, -0.2) is 19.1 Å². The molecule has 2 aromatic rings. The molecule has 1 atom stereocenters. The largest absolute Gasteiger partial charge is 0.380 e. The van der Waals surface area contributed by atoms with Crippen LogP contribution < -0.4 is 10.2 Å². The minimum absolute atomic E-state index is 0.475. The first-order valence-electron chi connectivity index (χ1n) is 7.33. The Labute approximate surface area is 125 Å². The fourth-order valence-electron chi connectivity index (χ4n) is 2.74. The van der Waals surface area contributed by atoms with E-state index >= 15 is 0 Å². The number of benzene rings is 2. The lowest BCUT2D eigenvalue weighted by Gasteiger charge is -2.19. The van der Waals surface area contributed by atoms with Gasteiger partial charge in [0.15, 0.2) is 0 Å². The molecule has 0 amide bonds. The van der Waals surface area contributed by atoms with Crippen molar-refractivity contribution in [3.8, 4) is 6.07 Å². The highest BCUT2D eigenvalue weighted by atomic mass is 15.2. The zero-order valence-corrected chi connectivity index (χ0v) is 12.2. The van der Waals surface area contributed by atoms with Crippen molar-refractivity contribution in [3.63, 3.8) is 0 Å². The summed E-state index contributed by atoms with van der Waals surface area (Å²) in [5, 5.41) is 12.4. The van der Waals surface area contributed by atoms with Gasteiger partial charge in [0.05, 0.1) is 11.6 Å². The van der Waals surface area contributed by atoms with Crippen LogP contribution >= 0.6 is 0 Å². The molecule has 1 fully saturated rings. The second-order valence-electron chi connectivity index (χ2n) is 5.60. The maximum atomic E-state index is 8.85. The average molecular weight is 277 g/mol. The van der Waals surface area contributed by atoms with Crippen molar-refractivity contribution >= 4 is 11.4 Å². The Morgan fingerprint density at radius 1 is 1.10 bits per heavy atom. The maximum absolute atomic E-state index is 8.85. The number of nitriles is 1. The second-order valence-corrected chi connectivity index (χ2v) is 5.60. The lowest BCUT2D eigenvalue weighted by Crippen LogP contribution is -2.25. The van der Waals surface area contributed by atoms with E-state index in [1.54, 1.807) is 0 Å². The van der Waals surface area contributed by atoms with Gasteiger partial charge in [-0.2, -0.15) is 5.26 Å². The normalized spacial score (nSPS) is 17.5. The molecule has 0 spiro atoms. The van der Waals surface area contributed by atoms with Gasteiger partial charge in [-0.05, 0) is 49.7 Å². The van der Waals surface area contributed by atoms with E-state index < -0.39 is 0 Å². The molecule has 0 radical (unpaired) electrons. The fourth-order valence-corrected chi connectivity index (χ4v) is 2.74. The van der Waals surface area contributed by atoms with E-state index in [-0.39, 0.29) is 0 Å². The number of nitrogens with zero attached hydrogens (tertiary/aromatic N) is 2. The Morgan fingerprint density at radius 3 is 2.48 bits per heavy atom. The molecule has 1 aliphatic heterocycles. The predicted octanol–water partition coefficient (Wildman–Crippen LogP) is 3.56. The maximum Gasteiger partial charge on any atom is 0.0991 e. The third kappa shape index (κ3) is 3.17. The van der Waals surface area contributed by atoms with Crippen molar-refractivity contribution in [3.05, 3.63) is 59.7 Å². The zero-order valence-electron chi connectivity index (χ0n) is 12.2. The Balaban J connectivity index is 1.62. The van der Waals surface area contributed by atoms with Crippen LogP contribution in [0, 0.1) is 18.3 Å². The molecule has 1 saturated heterocycles. The van der Waals surface area contributed by atoms with Gasteiger partial charge in [0.2, 0.25) is 0 Å². The van der Waals surface area contributed by atoms with Crippen molar-refractivity contribution in [2.24, 2.45) is 0 Å². The van der Waals surface area contributed by atoms with Crippen LogP contribution in [0.3, 0.4) is 0 Å². The van der Waals surface area contributed by atoms with Gasteiger partial charge >= 0.3 is 0 Å². The van der Waals surface area contributed by atoms with Gasteiger partial charge in [0.25, 0.3) is 0 Å². The molecule has 0 saturated carbocycles. The van der Waals surface area contributed by atoms with Crippen LogP contribution in [-0.2, 0) is 0 Å². The molecule has 0 aliphatic carbocycles. The van der Waals surface area contributed by atoms with Crippen LogP contribution in [0.4, 0.5) is 11.4 Å². The van der Waals surface area contributed by atoms with Crippen molar-refractivity contribution < 1.29 is 0 Å². The van der Waals surface area contributed by atoms with Gasteiger partial charge in [0.1, 0.15) is 0 Å². The molecule has 0 bridgehead atoms. The number of hydrogen-bond acceptors (Lipinski definition) is 3. The summed E-state index contributed by atoms with van der Waals surface area (Å²) in [5.41, 5.74) is 4.38. The van der Waals surface area contributed by atoms with Crippen molar-refractivity contribution in [2.45, 2.75) is 19.4 Å². The lowest BCUT2D eigenvalue weighted by atomic mass is 10.2. The van der Waals surface area contributed by atoms with Gasteiger partial charge in [-0.3, -0.25) is 0 Å². The molecule has 1 aliphatic rings. The second kappa shape index (κ2) is 5.88. The number of aryl methyl sites for hydroxylation is 1. The molecule has 106 valence electrons. The van der Waals surface area contributed by atoms with E-state index in [2.05, 4.69) is 47.5 Å². The highest BCUT2D eigenvalue weighted by Gasteiger charge is 2.22. The molecule has 3 heteroatoms. The summed E-state index contributed by atoms with van der Waals surface area (Å²) in [6.45, 7) is 4.15. The summed E-state index contributed by atoms with van der Waals surface area (Å²) in [7, 11) is 0. The van der Waals surface area contributed by atoms with Crippen LogP contribution in [0.25, 0.3) is 0 Å². The van der Waals surface area contributed by atoms with Crippen LogP contribution in [0.2, 0.25) is 0 Å². The first-order chi connectivity index (χ1) is 10.2. The van der Waals surface area contributed by atoms with E-state index in [0.29, 0.717) is 11.6 Å². The number of nitrogens with one attached hydrogen (secondary N) is 1. The Kier molecular flexibility index (Phi) is 3.79. The highest BCUT2D eigenvalue weighted by Crippen LogP contribution is 2.23. The van der Waals surface area contributed by atoms with Gasteiger partial charge in [-0.15, -0.1) is 0 Å². The summed E-state index contributed by atoms with van der Waals surface area (Å²) in [4.78, 5) is 2.37. The van der Waals surface area contributed by atoms with E-state index in [9.17, 15) is 0 Å². The topological polar surface area (TPSA) is 39.1 Å². The van der Waals surface area contributed by atoms with E-state index in [0.717, 1.165) is 19.5 Å². The average Bonchev–Trinajstić information content (AvgIpc) is 2.98. The van der Waals surface area contributed by atoms with E-state index in [4.69, 9.17) is 5.26 Å². The minimum Gasteiger partial charge on any atom is -0.380 e. The van der Waals surface area contributed by atoms with Gasteiger partial charge in [-0.25, -0.2) is 0 Å². The van der Waals surface area contributed by atoms with E-state index in [1.807, 2.05) is 24.3 Å². The molecular formula is C18H19N3. The third-order valence-electron chi connectivity index (χ3n) is 3.97. The fraction of sp³-hybridized carbons (Fsp3) is 0.278. The van der Waals surface area contributed by atoms with Crippen molar-refractivity contribution in [1.82, 2.24) is 0 Å². The predicted molar refractivity (Wildman–Crippen MR) is 86.6 cm³/mol. The zero-order chi connectivity index (χ0) is 14.7. The molecule has 21 heavy (non-hydrogen) atoms. The lowest BCUT2D eigenvalue weighted by molar-refractivity contribution is 0.807. The molecule has 1 unspecified atom stereocenters. The Morgan fingerprint density at radius 2 is 1.81 bits per heavy atom. The third-order valence-corrected chi connectivity index (χ3v) is 3.97. The molecule has 0 aromatic heterocycles. The quantitative estimate of drug-likeness (QED) is 0.932. The van der Waals surface area contributed by atoms with Gasteiger partial charge in [-0.1, -0.05) is 17.7 Å². The summed E-state index contributed by atoms with van der Waals surface area (Å²) >= 11 is 0. The molecular weight excluding hydrogens is 258 g/mol. The molecule has 3 rings (SSSR count). The minimum atomic E-state index is 0.475. The smallest absolute Gasteiger partial charge is 0.0991 e. The molecule has 1 heterocycles. The van der Waals surface area contributed by atoms with Gasteiger partial charge in [0, 0.05) is 30.5 Å². The monoisotopic (exact) mass is 277 g/mol. The summed E-state index contributed by atoms with van der Waals surface area (Å²) in [6.07, 6.45) is 1.13. The first-order valence-corrected chi connectivity index (χ1v) is 7.33.